The lowest BCUT2D eigenvalue weighted by atomic mass is 10.1. The number of aromatic nitrogens is 1. The second kappa shape index (κ2) is 8.93. The van der Waals surface area contributed by atoms with Crippen LogP contribution in [0.5, 0.6) is 17.2 Å². The Kier molecular flexibility index (Phi) is 5.91. The molecule has 152 valence electrons. The van der Waals surface area contributed by atoms with Gasteiger partial charge < -0.3 is 19.5 Å². The van der Waals surface area contributed by atoms with Crippen LogP contribution in [0.2, 0.25) is 0 Å². The van der Waals surface area contributed by atoms with Gasteiger partial charge in [-0.15, -0.1) is 0 Å². The number of rotatable bonds is 6. The third kappa shape index (κ3) is 4.26. The number of para-hydroxylation sites is 2. The minimum atomic E-state index is -0.208. The minimum absolute atomic E-state index is 0.109. The zero-order chi connectivity index (χ0) is 20.9. The van der Waals surface area contributed by atoms with Gasteiger partial charge in [0.1, 0.15) is 30.1 Å². The van der Waals surface area contributed by atoms with Crippen molar-refractivity contribution in [3.8, 4) is 23.3 Å². The first-order valence-corrected chi connectivity index (χ1v) is 10.5. The number of nitrogens with zero attached hydrogens (tertiary/aromatic N) is 2. The summed E-state index contributed by atoms with van der Waals surface area (Å²) in [4.78, 5) is 17.0. The number of amides is 1. The lowest BCUT2D eigenvalue weighted by molar-refractivity contribution is -0.113. The normalized spacial score (nSPS) is 12.3. The van der Waals surface area contributed by atoms with Gasteiger partial charge in [-0.3, -0.25) is 4.79 Å². The fraction of sp³-hybridized carbons (Fsp3) is 0.227. The second-order valence-corrected chi connectivity index (χ2v) is 7.37. The van der Waals surface area contributed by atoms with Crippen molar-refractivity contribution in [2.75, 3.05) is 30.9 Å². The summed E-state index contributed by atoms with van der Waals surface area (Å²) >= 11 is 1.21. The average Bonchev–Trinajstić information content (AvgIpc) is 2.77. The van der Waals surface area contributed by atoms with Crippen molar-refractivity contribution in [2.24, 2.45) is 0 Å². The molecule has 1 aliphatic rings. The maximum atomic E-state index is 12.5. The van der Waals surface area contributed by atoms with Crippen LogP contribution < -0.4 is 19.5 Å². The highest BCUT2D eigenvalue weighted by Crippen LogP contribution is 2.35. The van der Waals surface area contributed by atoms with Crippen LogP contribution in [-0.2, 0) is 4.79 Å². The van der Waals surface area contributed by atoms with E-state index in [1.165, 1.54) is 11.8 Å². The van der Waals surface area contributed by atoms with E-state index in [2.05, 4.69) is 16.4 Å². The molecule has 1 N–H and O–H groups in total. The standard InChI is InChI=1S/C22H19N3O4S/c1-2-27-18-6-4-3-5-16(18)24-21(26)13-30-22-15(12-23)9-14-10-19-20(11-17(14)25-22)29-8-7-28-19/h3-6,9-11H,2,7-8,13H2,1H3,(H,24,26). The Morgan fingerprint density at radius 2 is 2.00 bits per heavy atom. The molecule has 0 saturated heterocycles. The Labute approximate surface area is 178 Å². The summed E-state index contributed by atoms with van der Waals surface area (Å²) in [5, 5.41) is 13.7. The van der Waals surface area contributed by atoms with Crippen LogP contribution in [0.15, 0.2) is 47.5 Å². The van der Waals surface area contributed by atoms with Gasteiger partial charge in [0.15, 0.2) is 11.5 Å². The van der Waals surface area contributed by atoms with E-state index >= 15 is 0 Å². The molecule has 0 bridgehead atoms. The predicted molar refractivity (Wildman–Crippen MR) is 114 cm³/mol. The number of carbonyl (C=O) groups excluding carboxylic acids is 1. The van der Waals surface area contributed by atoms with E-state index < -0.39 is 0 Å². The van der Waals surface area contributed by atoms with Crippen LogP contribution in [0.4, 0.5) is 5.69 Å². The molecule has 0 radical (unpaired) electrons. The summed E-state index contributed by atoms with van der Waals surface area (Å²) in [5.41, 5.74) is 1.70. The summed E-state index contributed by atoms with van der Waals surface area (Å²) in [6, 6.07) is 14.8. The number of thioether (sulfide) groups is 1. The second-order valence-electron chi connectivity index (χ2n) is 6.41. The molecular formula is C22H19N3O4S. The maximum absolute atomic E-state index is 12.5. The molecule has 2 heterocycles. The van der Waals surface area contributed by atoms with E-state index in [1.807, 2.05) is 25.1 Å². The van der Waals surface area contributed by atoms with Crippen LogP contribution in [0, 0.1) is 11.3 Å². The summed E-state index contributed by atoms with van der Waals surface area (Å²) in [5.74, 6) is 1.80. The first kappa shape index (κ1) is 19.9. The van der Waals surface area contributed by atoms with E-state index in [0.717, 1.165) is 5.39 Å². The SMILES string of the molecule is CCOc1ccccc1NC(=O)CSc1nc2cc3c(cc2cc1C#N)OCCO3. The first-order valence-electron chi connectivity index (χ1n) is 9.47. The molecule has 4 rings (SSSR count). The topological polar surface area (TPSA) is 93.5 Å². The monoisotopic (exact) mass is 421 g/mol. The number of carbonyl (C=O) groups is 1. The van der Waals surface area contributed by atoms with Crippen LogP contribution in [0.1, 0.15) is 12.5 Å². The molecule has 0 atom stereocenters. The molecule has 2 aromatic carbocycles. The Bertz CT molecular complexity index is 1140. The number of fused-ring (bicyclic) bond motifs is 2. The van der Waals surface area contributed by atoms with Gasteiger partial charge in [0.25, 0.3) is 0 Å². The highest BCUT2D eigenvalue weighted by molar-refractivity contribution is 8.00. The van der Waals surface area contributed by atoms with Gasteiger partial charge in [0.2, 0.25) is 5.91 Å². The molecule has 1 aromatic heterocycles. The lowest BCUT2D eigenvalue weighted by Crippen LogP contribution is -2.15. The highest BCUT2D eigenvalue weighted by Gasteiger charge is 2.16. The molecule has 1 amide bonds. The Hall–Kier alpha value is -3.44. The van der Waals surface area contributed by atoms with Crippen molar-refractivity contribution in [3.63, 3.8) is 0 Å². The largest absolute Gasteiger partial charge is 0.492 e. The number of benzene rings is 2. The number of nitrogens with one attached hydrogen (secondary N) is 1. The quantitative estimate of drug-likeness (QED) is 0.601. The molecule has 7 nitrogen and oxygen atoms in total. The minimum Gasteiger partial charge on any atom is -0.492 e. The molecule has 0 unspecified atom stereocenters. The van der Waals surface area contributed by atoms with Crippen molar-refractivity contribution in [1.82, 2.24) is 4.98 Å². The first-order chi connectivity index (χ1) is 14.7. The Balaban J connectivity index is 1.52. The fourth-order valence-electron chi connectivity index (χ4n) is 3.05. The van der Waals surface area contributed by atoms with Crippen molar-refractivity contribution in [2.45, 2.75) is 11.9 Å². The number of nitriles is 1. The average molecular weight is 421 g/mol. The van der Waals surface area contributed by atoms with Crippen molar-refractivity contribution in [1.29, 1.82) is 5.26 Å². The van der Waals surface area contributed by atoms with Crippen LogP contribution in [-0.4, -0.2) is 36.5 Å². The molecule has 0 fully saturated rings. The van der Waals surface area contributed by atoms with Gasteiger partial charge >= 0.3 is 0 Å². The van der Waals surface area contributed by atoms with Crippen molar-refractivity contribution >= 4 is 34.3 Å². The number of pyridine rings is 1. The molecule has 3 aromatic rings. The summed E-state index contributed by atoms with van der Waals surface area (Å²) in [7, 11) is 0. The van der Waals surface area contributed by atoms with Crippen molar-refractivity contribution in [3.05, 3.63) is 48.0 Å². The van der Waals surface area contributed by atoms with Gasteiger partial charge in [-0.05, 0) is 31.2 Å². The molecular weight excluding hydrogens is 402 g/mol. The van der Waals surface area contributed by atoms with E-state index in [-0.39, 0.29) is 11.7 Å². The Morgan fingerprint density at radius 1 is 1.23 bits per heavy atom. The lowest BCUT2D eigenvalue weighted by Gasteiger charge is -2.19. The van der Waals surface area contributed by atoms with Gasteiger partial charge in [-0.2, -0.15) is 5.26 Å². The molecule has 1 aliphatic heterocycles. The van der Waals surface area contributed by atoms with E-state index in [9.17, 15) is 10.1 Å². The predicted octanol–water partition coefficient (Wildman–Crippen LogP) is 4.01. The maximum Gasteiger partial charge on any atom is 0.234 e. The molecule has 0 saturated carbocycles. The summed E-state index contributed by atoms with van der Waals surface area (Å²) in [6.07, 6.45) is 0. The highest BCUT2D eigenvalue weighted by atomic mass is 32.2. The third-order valence-electron chi connectivity index (χ3n) is 4.37. The van der Waals surface area contributed by atoms with E-state index in [1.54, 1.807) is 24.3 Å². The zero-order valence-corrected chi connectivity index (χ0v) is 17.1. The number of hydrogen-bond acceptors (Lipinski definition) is 7. The molecule has 0 aliphatic carbocycles. The number of hydrogen-bond donors (Lipinski definition) is 1. The van der Waals surface area contributed by atoms with Crippen molar-refractivity contribution < 1.29 is 19.0 Å². The number of anilines is 1. The summed E-state index contributed by atoms with van der Waals surface area (Å²) < 4.78 is 16.7. The number of ether oxygens (including phenoxy) is 3. The van der Waals surface area contributed by atoms with Crippen LogP contribution in [0.3, 0.4) is 0 Å². The molecule has 8 heteroatoms. The van der Waals surface area contributed by atoms with Gasteiger partial charge in [-0.25, -0.2) is 4.98 Å². The molecule has 30 heavy (non-hydrogen) atoms. The Morgan fingerprint density at radius 3 is 2.77 bits per heavy atom. The zero-order valence-electron chi connectivity index (χ0n) is 16.3. The van der Waals surface area contributed by atoms with Gasteiger partial charge in [0, 0.05) is 11.5 Å². The summed E-state index contributed by atoms with van der Waals surface area (Å²) in [6.45, 7) is 3.37. The van der Waals surface area contributed by atoms with E-state index in [0.29, 0.717) is 58.9 Å². The fourth-order valence-corrected chi connectivity index (χ4v) is 3.82. The third-order valence-corrected chi connectivity index (χ3v) is 5.36. The van der Waals surface area contributed by atoms with Crippen LogP contribution >= 0.6 is 11.8 Å². The van der Waals surface area contributed by atoms with Crippen LogP contribution in [0.25, 0.3) is 10.9 Å². The molecule has 0 spiro atoms. The van der Waals surface area contributed by atoms with E-state index in [4.69, 9.17) is 14.2 Å². The van der Waals surface area contributed by atoms with Gasteiger partial charge in [-0.1, -0.05) is 23.9 Å². The smallest absolute Gasteiger partial charge is 0.234 e. The van der Waals surface area contributed by atoms with Gasteiger partial charge in [0.05, 0.1) is 29.1 Å².